The number of rotatable bonds is 5. The van der Waals surface area contributed by atoms with E-state index >= 15 is 0 Å². The van der Waals surface area contributed by atoms with E-state index in [4.69, 9.17) is 11.6 Å². The number of carbonyl (C=O) groups excluding carboxylic acids is 1. The highest BCUT2D eigenvalue weighted by molar-refractivity contribution is 7.99. The quantitative estimate of drug-likeness (QED) is 0.613. The lowest BCUT2D eigenvalue weighted by Crippen LogP contribution is -2.40. The Morgan fingerprint density at radius 2 is 2.00 bits per heavy atom. The van der Waals surface area contributed by atoms with Crippen LogP contribution < -0.4 is 4.90 Å². The van der Waals surface area contributed by atoms with Crippen molar-refractivity contribution in [3.63, 3.8) is 0 Å². The van der Waals surface area contributed by atoms with Crippen LogP contribution in [0.3, 0.4) is 0 Å². The molecule has 26 heavy (non-hydrogen) atoms. The highest BCUT2D eigenvalue weighted by Gasteiger charge is 2.34. The van der Waals surface area contributed by atoms with Crippen molar-refractivity contribution in [3.8, 4) is 0 Å². The second-order valence-electron chi connectivity index (χ2n) is 5.12. The largest absolute Gasteiger partial charge is 0.406 e. The summed E-state index contributed by atoms with van der Waals surface area (Å²) in [4.78, 5) is 21.1. The molecule has 136 valence electrons. The van der Waals surface area contributed by atoms with E-state index in [-0.39, 0.29) is 16.6 Å². The SMILES string of the molecule is O=C(CSc1nc2ncccn2n1)N(CC(F)(F)F)c1ccc(Cl)cc1. The first-order valence-corrected chi connectivity index (χ1v) is 8.61. The van der Waals surface area contributed by atoms with E-state index in [1.54, 1.807) is 12.3 Å². The minimum absolute atomic E-state index is 0.113. The third-order valence-electron chi connectivity index (χ3n) is 3.20. The van der Waals surface area contributed by atoms with Crippen LogP contribution in [-0.2, 0) is 4.79 Å². The van der Waals surface area contributed by atoms with Gasteiger partial charge < -0.3 is 4.90 Å². The topological polar surface area (TPSA) is 63.4 Å². The fourth-order valence-corrected chi connectivity index (χ4v) is 2.93. The van der Waals surface area contributed by atoms with Gasteiger partial charge >= 0.3 is 6.18 Å². The molecule has 1 aromatic carbocycles. The first-order chi connectivity index (χ1) is 12.3. The van der Waals surface area contributed by atoms with Crippen LogP contribution in [0.2, 0.25) is 5.02 Å². The minimum atomic E-state index is -4.54. The predicted molar refractivity (Wildman–Crippen MR) is 91.4 cm³/mol. The number of benzene rings is 1. The van der Waals surface area contributed by atoms with E-state index in [0.717, 1.165) is 11.8 Å². The van der Waals surface area contributed by atoms with E-state index < -0.39 is 18.6 Å². The van der Waals surface area contributed by atoms with Crippen molar-refractivity contribution < 1.29 is 18.0 Å². The minimum Gasteiger partial charge on any atom is -0.303 e. The highest BCUT2D eigenvalue weighted by atomic mass is 35.5. The summed E-state index contributed by atoms with van der Waals surface area (Å²) in [5.74, 6) is -0.635. The van der Waals surface area contributed by atoms with Crippen molar-refractivity contribution in [2.45, 2.75) is 11.3 Å². The highest BCUT2D eigenvalue weighted by Crippen LogP contribution is 2.25. The Kier molecular flexibility index (Phi) is 5.33. The van der Waals surface area contributed by atoms with Crippen molar-refractivity contribution in [1.29, 1.82) is 0 Å². The van der Waals surface area contributed by atoms with Crippen LogP contribution in [0.4, 0.5) is 18.9 Å². The third-order valence-corrected chi connectivity index (χ3v) is 4.27. The maximum atomic E-state index is 12.9. The van der Waals surface area contributed by atoms with Crippen LogP contribution in [-0.4, -0.2) is 44.0 Å². The van der Waals surface area contributed by atoms with Gasteiger partial charge in [0.05, 0.1) is 5.75 Å². The number of aromatic nitrogens is 4. The molecule has 0 unspecified atom stereocenters. The van der Waals surface area contributed by atoms with E-state index in [9.17, 15) is 18.0 Å². The molecule has 0 radical (unpaired) electrons. The van der Waals surface area contributed by atoms with Gasteiger partial charge in [-0.15, -0.1) is 5.10 Å². The van der Waals surface area contributed by atoms with Crippen LogP contribution in [0, 0.1) is 0 Å². The zero-order chi connectivity index (χ0) is 18.7. The molecular formula is C15H11ClF3N5OS. The molecule has 0 aliphatic rings. The molecule has 2 heterocycles. The number of carbonyl (C=O) groups is 1. The fraction of sp³-hybridized carbons (Fsp3) is 0.200. The Morgan fingerprint density at radius 3 is 2.65 bits per heavy atom. The lowest BCUT2D eigenvalue weighted by molar-refractivity contribution is -0.131. The molecule has 3 rings (SSSR count). The summed E-state index contributed by atoms with van der Waals surface area (Å²) in [5.41, 5.74) is 0.113. The number of anilines is 1. The van der Waals surface area contributed by atoms with E-state index in [2.05, 4.69) is 15.1 Å². The van der Waals surface area contributed by atoms with Crippen LogP contribution in [0.15, 0.2) is 47.9 Å². The fourth-order valence-electron chi connectivity index (χ4n) is 2.10. The standard InChI is InChI=1S/C15H11ClF3N5OS/c16-10-2-4-11(5-3-10)23(9-15(17,18)19)12(25)8-26-14-21-13-20-6-1-7-24(13)22-14/h1-7H,8-9H2. The number of hydrogen-bond donors (Lipinski definition) is 0. The second kappa shape index (κ2) is 7.50. The zero-order valence-electron chi connectivity index (χ0n) is 13.0. The third kappa shape index (κ3) is 4.64. The van der Waals surface area contributed by atoms with Crippen molar-refractivity contribution >= 4 is 40.7 Å². The lowest BCUT2D eigenvalue weighted by Gasteiger charge is -2.23. The maximum Gasteiger partial charge on any atom is 0.406 e. The smallest absolute Gasteiger partial charge is 0.303 e. The molecular weight excluding hydrogens is 391 g/mol. The van der Waals surface area contributed by atoms with Crippen molar-refractivity contribution in [2.75, 3.05) is 17.2 Å². The van der Waals surface area contributed by atoms with Gasteiger partial charge in [0, 0.05) is 23.1 Å². The molecule has 0 fully saturated rings. The first kappa shape index (κ1) is 18.5. The number of alkyl halides is 3. The molecule has 1 amide bonds. The van der Waals surface area contributed by atoms with Gasteiger partial charge in [-0.3, -0.25) is 4.79 Å². The van der Waals surface area contributed by atoms with Crippen molar-refractivity contribution in [2.24, 2.45) is 0 Å². The number of thioether (sulfide) groups is 1. The van der Waals surface area contributed by atoms with Gasteiger partial charge in [0.25, 0.3) is 5.78 Å². The Hall–Kier alpha value is -2.33. The maximum absolute atomic E-state index is 12.9. The number of hydrogen-bond acceptors (Lipinski definition) is 5. The Morgan fingerprint density at radius 1 is 1.27 bits per heavy atom. The molecule has 2 aromatic heterocycles. The number of halogens is 4. The summed E-state index contributed by atoms with van der Waals surface area (Å²) in [7, 11) is 0. The van der Waals surface area contributed by atoms with E-state index in [1.165, 1.54) is 35.0 Å². The molecule has 0 saturated carbocycles. The predicted octanol–water partition coefficient (Wildman–Crippen LogP) is 3.47. The molecule has 0 saturated heterocycles. The molecule has 11 heteroatoms. The average molecular weight is 402 g/mol. The van der Waals surface area contributed by atoms with Gasteiger partial charge in [0.2, 0.25) is 11.1 Å². The molecule has 0 aliphatic heterocycles. The number of fused-ring (bicyclic) bond motifs is 1. The molecule has 6 nitrogen and oxygen atoms in total. The summed E-state index contributed by atoms with van der Waals surface area (Å²) >= 11 is 6.69. The molecule has 3 aromatic rings. The van der Waals surface area contributed by atoms with Gasteiger partial charge in [-0.1, -0.05) is 23.4 Å². The number of nitrogens with zero attached hydrogens (tertiary/aromatic N) is 5. The summed E-state index contributed by atoms with van der Waals surface area (Å²) in [5, 5.41) is 4.71. The van der Waals surface area contributed by atoms with E-state index in [0.29, 0.717) is 15.7 Å². The zero-order valence-corrected chi connectivity index (χ0v) is 14.6. The molecule has 0 spiro atoms. The monoisotopic (exact) mass is 401 g/mol. The molecule has 0 aliphatic carbocycles. The van der Waals surface area contributed by atoms with Gasteiger partial charge in [0.15, 0.2) is 0 Å². The summed E-state index contributed by atoms with van der Waals surface area (Å²) < 4.78 is 40.0. The Labute approximate surface area is 155 Å². The van der Waals surface area contributed by atoms with E-state index in [1.807, 2.05) is 0 Å². The van der Waals surface area contributed by atoms with Crippen LogP contribution in [0.25, 0.3) is 5.78 Å². The second-order valence-corrected chi connectivity index (χ2v) is 6.50. The first-order valence-electron chi connectivity index (χ1n) is 7.25. The Bertz CT molecular complexity index is 883. The molecule has 0 atom stereocenters. The van der Waals surface area contributed by atoms with Gasteiger partial charge in [-0.2, -0.15) is 18.2 Å². The van der Waals surface area contributed by atoms with Gasteiger partial charge in [-0.25, -0.2) is 9.50 Å². The molecule has 0 bridgehead atoms. The average Bonchev–Trinajstić information content (AvgIpc) is 3.00. The lowest BCUT2D eigenvalue weighted by atomic mass is 10.3. The van der Waals surface area contributed by atoms with Gasteiger partial charge in [0.1, 0.15) is 6.54 Å². The van der Waals surface area contributed by atoms with Crippen LogP contribution in [0.5, 0.6) is 0 Å². The van der Waals surface area contributed by atoms with Crippen LogP contribution in [0.1, 0.15) is 0 Å². The van der Waals surface area contributed by atoms with Crippen molar-refractivity contribution in [1.82, 2.24) is 19.6 Å². The Balaban J connectivity index is 1.75. The molecule has 0 N–H and O–H groups in total. The summed E-state index contributed by atoms with van der Waals surface area (Å²) in [6.07, 6.45) is -1.37. The van der Waals surface area contributed by atoms with Gasteiger partial charge in [-0.05, 0) is 30.3 Å². The summed E-state index contributed by atoms with van der Waals surface area (Å²) in [6, 6.07) is 7.24. The number of amides is 1. The summed E-state index contributed by atoms with van der Waals surface area (Å²) in [6.45, 7) is -1.39. The van der Waals surface area contributed by atoms with Crippen LogP contribution >= 0.6 is 23.4 Å². The van der Waals surface area contributed by atoms with Crippen molar-refractivity contribution in [3.05, 3.63) is 47.7 Å². The normalized spacial score (nSPS) is 11.7.